The Bertz CT molecular complexity index is 874. The van der Waals surface area contributed by atoms with Gasteiger partial charge in [-0.05, 0) is 56.0 Å². The van der Waals surface area contributed by atoms with Crippen LogP contribution in [0, 0.1) is 17.3 Å². The predicted molar refractivity (Wildman–Crippen MR) is 113 cm³/mol. The Hall–Kier alpha value is -2.38. The van der Waals surface area contributed by atoms with Crippen LogP contribution in [0.2, 0.25) is 0 Å². The maximum Gasteiger partial charge on any atom is 0.338 e. The molecular formula is C24H32O7. The maximum absolute atomic E-state index is 12.9. The molecule has 1 aromatic rings. The summed E-state index contributed by atoms with van der Waals surface area (Å²) in [5.74, 6) is -2.11. The van der Waals surface area contributed by atoms with E-state index in [1.807, 2.05) is 27.7 Å². The standard InChI is InChI=1S/C24H32O7/c1-13(2)24(29)20(30-15(4)25)12-23(5)19(27)11-14(3)10-18(21(23)24)31-22(28)16-6-8-17(26)9-7-16/h6-10,13,18-21,26-27,29H,11-12H2,1-5H3. The molecule has 6 atom stereocenters. The highest BCUT2D eigenvalue weighted by Gasteiger charge is 2.67. The van der Waals surface area contributed by atoms with E-state index in [0.29, 0.717) is 6.42 Å². The van der Waals surface area contributed by atoms with E-state index in [-0.39, 0.29) is 23.7 Å². The van der Waals surface area contributed by atoms with Gasteiger partial charge in [0.05, 0.1) is 11.7 Å². The van der Waals surface area contributed by atoms with Gasteiger partial charge in [0, 0.05) is 18.3 Å². The van der Waals surface area contributed by atoms with Crippen molar-refractivity contribution in [2.24, 2.45) is 17.3 Å². The highest BCUT2D eigenvalue weighted by atomic mass is 16.6. The molecule has 0 aliphatic heterocycles. The van der Waals surface area contributed by atoms with Gasteiger partial charge < -0.3 is 24.8 Å². The lowest BCUT2D eigenvalue weighted by Crippen LogP contribution is -2.56. The topological polar surface area (TPSA) is 113 Å². The summed E-state index contributed by atoms with van der Waals surface area (Å²) < 4.78 is 11.4. The summed E-state index contributed by atoms with van der Waals surface area (Å²) in [6.07, 6.45) is -0.0893. The highest BCUT2D eigenvalue weighted by molar-refractivity contribution is 5.89. The SMILES string of the molecule is CC(=O)OC1CC2(C)C(O)CC(C)=CC(OC(=O)c3ccc(O)cc3)C2C1(O)C(C)C. The van der Waals surface area contributed by atoms with Gasteiger partial charge in [0.1, 0.15) is 23.6 Å². The molecular weight excluding hydrogens is 400 g/mol. The van der Waals surface area contributed by atoms with Crippen molar-refractivity contribution in [1.29, 1.82) is 0 Å². The molecule has 0 bridgehead atoms. The number of carbonyl (C=O) groups excluding carboxylic acids is 2. The molecule has 3 N–H and O–H groups in total. The fourth-order valence-electron chi connectivity index (χ4n) is 5.34. The summed E-state index contributed by atoms with van der Waals surface area (Å²) in [5, 5.41) is 32.5. The number of esters is 2. The number of benzene rings is 1. The van der Waals surface area contributed by atoms with Crippen LogP contribution in [0.1, 0.15) is 57.8 Å². The van der Waals surface area contributed by atoms with Gasteiger partial charge in [0.15, 0.2) is 0 Å². The van der Waals surface area contributed by atoms with Gasteiger partial charge in [-0.3, -0.25) is 4.79 Å². The van der Waals surface area contributed by atoms with Crippen molar-refractivity contribution in [1.82, 2.24) is 0 Å². The molecule has 1 fully saturated rings. The van der Waals surface area contributed by atoms with Crippen LogP contribution in [-0.2, 0) is 14.3 Å². The molecule has 31 heavy (non-hydrogen) atoms. The minimum atomic E-state index is -1.51. The second-order valence-electron chi connectivity index (χ2n) is 9.48. The summed E-state index contributed by atoms with van der Waals surface area (Å²) in [7, 11) is 0. The Labute approximate surface area is 182 Å². The third kappa shape index (κ3) is 4.08. The number of phenolic OH excluding ortho intramolecular Hbond substituents is 1. The fraction of sp³-hybridized carbons (Fsp3) is 0.583. The molecule has 2 aliphatic carbocycles. The van der Waals surface area contributed by atoms with Gasteiger partial charge in [-0.1, -0.05) is 26.3 Å². The number of carbonyl (C=O) groups is 2. The number of hydrogen-bond donors (Lipinski definition) is 3. The van der Waals surface area contributed by atoms with Gasteiger partial charge in [-0.15, -0.1) is 0 Å². The van der Waals surface area contributed by atoms with E-state index in [0.717, 1.165) is 5.57 Å². The molecule has 2 aliphatic rings. The van der Waals surface area contributed by atoms with Crippen LogP contribution in [-0.4, -0.2) is 51.2 Å². The molecule has 0 saturated heterocycles. The first-order chi connectivity index (χ1) is 14.4. The Morgan fingerprint density at radius 3 is 2.32 bits per heavy atom. The van der Waals surface area contributed by atoms with Gasteiger partial charge in [0.25, 0.3) is 0 Å². The second kappa shape index (κ2) is 8.28. The second-order valence-corrected chi connectivity index (χ2v) is 9.48. The Kier molecular flexibility index (Phi) is 6.22. The number of rotatable bonds is 4. The number of fused-ring (bicyclic) bond motifs is 1. The van der Waals surface area contributed by atoms with Crippen LogP contribution in [0.25, 0.3) is 0 Å². The van der Waals surface area contributed by atoms with Crippen LogP contribution in [0.4, 0.5) is 0 Å². The van der Waals surface area contributed by atoms with Crippen molar-refractivity contribution >= 4 is 11.9 Å². The number of ether oxygens (including phenoxy) is 2. The molecule has 1 aromatic carbocycles. The summed E-state index contributed by atoms with van der Waals surface area (Å²) in [5.41, 5.74) is -1.25. The third-order valence-electron chi connectivity index (χ3n) is 6.98. The third-order valence-corrected chi connectivity index (χ3v) is 6.98. The molecule has 3 rings (SSSR count). The van der Waals surface area contributed by atoms with Gasteiger partial charge >= 0.3 is 11.9 Å². The normalized spacial score (nSPS) is 35.2. The van der Waals surface area contributed by atoms with Crippen molar-refractivity contribution in [2.75, 3.05) is 0 Å². The number of phenols is 1. The van der Waals surface area contributed by atoms with E-state index in [1.165, 1.54) is 31.2 Å². The van der Waals surface area contributed by atoms with Crippen LogP contribution in [0.3, 0.4) is 0 Å². The molecule has 6 unspecified atom stereocenters. The largest absolute Gasteiger partial charge is 0.508 e. The summed E-state index contributed by atoms with van der Waals surface area (Å²) >= 11 is 0. The van der Waals surface area contributed by atoms with E-state index >= 15 is 0 Å². The summed E-state index contributed by atoms with van der Waals surface area (Å²) in [4.78, 5) is 24.7. The van der Waals surface area contributed by atoms with Crippen LogP contribution >= 0.6 is 0 Å². The van der Waals surface area contributed by atoms with Crippen molar-refractivity contribution in [3.05, 3.63) is 41.5 Å². The zero-order chi connectivity index (χ0) is 23.1. The number of aromatic hydroxyl groups is 1. The van der Waals surface area contributed by atoms with E-state index in [2.05, 4.69) is 0 Å². The lowest BCUT2D eigenvalue weighted by molar-refractivity contribution is -0.178. The predicted octanol–water partition coefficient (Wildman–Crippen LogP) is 2.97. The zero-order valence-corrected chi connectivity index (χ0v) is 18.7. The van der Waals surface area contributed by atoms with Gasteiger partial charge in [-0.25, -0.2) is 4.79 Å². The number of aliphatic hydroxyl groups excluding tert-OH is 1. The first-order valence-electron chi connectivity index (χ1n) is 10.6. The minimum Gasteiger partial charge on any atom is -0.508 e. The van der Waals surface area contributed by atoms with E-state index in [4.69, 9.17) is 9.47 Å². The van der Waals surface area contributed by atoms with Gasteiger partial charge in [-0.2, -0.15) is 0 Å². The molecule has 1 saturated carbocycles. The smallest absolute Gasteiger partial charge is 0.338 e. The highest BCUT2D eigenvalue weighted by Crippen LogP contribution is 2.59. The average Bonchev–Trinajstić information content (AvgIpc) is 2.84. The lowest BCUT2D eigenvalue weighted by atomic mass is 9.66. The summed E-state index contributed by atoms with van der Waals surface area (Å²) in [6.45, 7) is 8.66. The van der Waals surface area contributed by atoms with Crippen LogP contribution in [0.15, 0.2) is 35.9 Å². The molecule has 0 spiro atoms. The van der Waals surface area contributed by atoms with Crippen molar-refractivity contribution in [3.8, 4) is 5.75 Å². The Morgan fingerprint density at radius 2 is 1.77 bits per heavy atom. The molecule has 0 heterocycles. The fourth-order valence-corrected chi connectivity index (χ4v) is 5.34. The molecule has 7 nitrogen and oxygen atoms in total. The molecule has 7 heteroatoms. The quantitative estimate of drug-likeness (QED) is 0.495. The number of aliphatic hydroxyl groups is 2. The molecule has 0 amide bonds. The first kappa shape index (κ1) is 23.3. The monoisotopic (exact) mass is 432 g/mol. The van der Waals surface area contributed by atoms with Crippen LogP contribution < -0.4 is 0 Å². The first-order valence-corrected chi connectivity index (χ1v) is 10.6. The van der Waals surface area contributed by atoms with E-state index < -0.39 is 47.2 Å². The van der Waals surface area contributed by atoms with Crippen LogP contribution in [0.5, 0.6) is 5.75 Å². The van der Waals surface area contributed by atoms with E-state index in [9.17, 15) is 24.9 Å². The van der Waals surface area contributed by atoms with Crippen molar-refractivity contribution in [3.63, 3.8) is 0 Å². The summed E-state index contributed by atoms with van der Waals surface area (Å²) in [6, 6.07) is 5.72. The van der Waals surface area contributed by atoms with Gasteiger partial charge in [0.2, 0.25) is 0 Å². The average molecular weight is 433 g/mol. The molecule has 0 aromatic heterocycles. The maximum atomic E-state index is 12.9. The van der Waals surface area contributed by atoms with E-state index in [1.54, 1.807) is 6.08 Å². The molecule has 170 valence electrons. The minimum absolute atomic E-state index is 0.0339. The zero-order valence-electron chi connectivity index (χ0n) is 18.7. The van der Waals surface area contributed by atoms with Crippen molar-refractivity contribution in [2.45, 2.75) is 71.4 Å². The number of hydrogen-bond acceptors (Lipinski definition) is 7. The molecule has 0 radical (unpaired) electrons. The Morgan fingerprint density at radius 1 is 1.16 bits per heavy atom. The lowest BCUT2D eigenvalue weighted by Gasteiger charge is -2.44. The Balaban J connectivity index is 2.06. The van der Waals surface area contributed by atoms with Crippen molar-refractivity contribution < 1.29 is 34.4 Å².